The summed E-state index contributed by atoms with van der Waals surface area (Å²) in [7, 11) is 0. The van der Waals surface area contributed by atoms with Gasteiger partial charge in [-0.25, -0.2) is 4.98 Å². The van der Waals surface area contributed by atoms with Crippen molar-refractivity contribution in [3.05, 3.63) is 18.4 Å². The minimum atomic E-state index is 0. The Balaban J connectivity index is 0.000000490. The van der Waals surface area contributed by atoms with Gasteiger partial charge >= 0.3 is 0 Å². The van der Waals surface area contributed by atoms with E-state index in [1.54, 1.807) is 0 Å². The monoisotopic (exact) mass is 109 g/mol. The van der Waals surface area contributed by atoms with Crippen molar-refractivity contribution >= 4 is 0 Å². The fourth-order valence-corrected chi connectivity index (χ4v) is 0.284. The van der Waals surface area contributed by atoms with Gasteiger partial charge in [0.05, 0.1) is 0 Å². The second-order valence-electron chi connectivity index (χ2n) is 1.02. The molecule has 0 saturated heterocycles. The molecule has 8 heavy (non-hydrogen) atoms. The lowest BCUT2D eigenvalue weighted by molar-refractivity contribution is 0.557. The lowest BCUT2D eigenvalue weighted by Gasteiger charge is -1.63. The molecule has 0 aliphatic rings. The Morgan fingerprint density at radius 3 is 2.75 bits per heavy atom. The van der Waals surface area contributed by atoms with Gasteiger partial charge in [-0.1, -0.05) is 7.43 Å². The second-order valence-corrected chi connectivity index (χ2v) is 1.02. The number of hydrogen-bond acceptors (Lipinski definition) is 2. The quantitative estimate of drug-likeness (QED) is 0.469. The van der Waals surface area contributed by atoms with Gasteiger partial charge in [-0.3, -0.25) is 0 Å². The van der Waals surface area contributed by atoms with E-state index in [0.29, 0.717) is 5.69 Å². The van der Waals surface area contributed by atoms with Gasteiger partial charge in [0.15, 0.2) is 12.1 Å². The van der Waals surface area contributed by atoms with E-state index in [-0.39, 0.29) is 7.43 Å². The SMILES string of the molecule is C.C#Cc1cocn1. The van der Waals surface area contributed by atoms with Crippen LogP contribution in [0.3, 0.4) is 0 Å². The molecule has 0 N–H and O–H groups in total. The Hall–Kier alpha value is -1.23. The molecule has 42 valence electrons. The van der Waals surface area contributed by atoms with Gasteiger partial charge in [0.25, 0.3) is 0 Å². The summed E-state index contributed by atoms with van der Waals surface area (Å²) in [5, 5.41) is 0. The van der Waals surface area contributed by atoms with Crippen LogP contribution in [0.1, 0.15) is 13.1 Å². The fraction of sp³-hybridized carbons (Fsp3) is 0.167. The molecule has 1 rings (SSSR count). The molecule has 0 aliphatic heterocycles. The van der Waals surface area contributed by atoms with Gasteiger partial charge in [-0.05, 0) is 5.92 Å². The van der Waals surface area contributed by atoms with Crippen molar-refractivity contribution in [3.8, 4) is 12.3 Å². The average molecular weight is 109 g/mol. The third-order valence-electron chi connectivity index (χ3n) is 0.580. The molecular weight excluding hydrogens is 102 g/mol. The Labute approximate surface area is 48.5 Å². The zero-order valence-electron chi connectivity index (χ0n) is 3.59. The van der Waals surface area contributed by atoms with Crippen LogP contribution in [-0.2, 0) is 0 Å². The van der Waals surface area contributed by atoms with Crippen LogP contribution in [-0.4, -0.2) is 4.98 Å². The van der Waals surface area contributed by atoms with Gasteiger partial charge in [-0.15, -0.1) is 6.42 Å². The van der Waals surface area contributed by atoms with E-state index in [9.17, 15) is 0 Å². The summed E-state index contributed by atoms with van der Waals surface area (Å²) < 4.78 is 4.55. The van der Waals surface area contributed by atoms with Crippen molar-refractivity contribution in [3.63, 3.8) is 0 Å². The molecule has 0 amide bonds. The molecule has 1 aromatic heterocycles. The van der Waals surface area contributed by atoms with Crippen LogP contribution >= 0.6 is 0 Å². The molecule has 0 atom stereocenters. The number of aromatic nitrogens is 1. The van der Waals surface area contributed by atoms with Gasteiger partial charge in [-0.2, -0.15) is 0 Å². The van der Waals surface area contributed by atoms with Gasteiger partial charge in [0, 0.05) is 0 Å². The highest BCUT2D eigenvalue weighted by atomic mass is 16.3. The summed E-state index contributed by atoms with van der Waals surface area (Å²) in [5.74, 6) is 2.30. The van der Waals surface area contributed by atoms with E-state index in [1.807, 2.05) is 0 Å². The summed E-state index contributed by atoms with van der Waals surface area (Å²) in [6.07, 6.45) is 7.64. The second kappa shape index (κ2) is 2.86. The number of oxazole rings is 1. The molecule has 2 heteroatoms. The molecule has 0 bridgehead atoms. The van der Waals surface area contributed by atoms with Crippen molar-refractivity contribution < 1.29 is 4.42 Å². The Kier molecular flexibility index (Phi) is 2.42. The zero-order chi connectivity index (χ0) is 5.11. The first-order valence-corrected chi connectivity index (χ1v) is 1.78. The molecule has 0 spiro atoms. The Morgan fingerprint density at radius 2 is 2.50 bits per heavy atom. The average Bonchev–Trinajstić information content (AvgIpc) is 2.14. The van der Waals surface area contributed by atoms with E-state index in [0.717, 1.165) is 0 Å². The van der Waals surface area contributed by atoms with Crippen LogP contribution in [0.5, 0.6) is 0 Å². The van der Waals surface area contributed by atoms with Crippen molar-refractivity contribution in [1.82, 2.24) is 4.98 Å². The smallest absolute Gasteiger partial charge is 0.181 e. The van der Waals surface area contributed by atoms with Gasteiger partial charge in [0.2, 0.25) is 0 Å². The first-order chi connectivity index (χ1) is 3.43. The zero-order valence-corrected chi connectivity index (χ0v) is 3.59. The van der Waals surface area contributed by atoms with Crippen LogP contribution < -0.4 is 0 Å². The highest BCUT2D eigenvalue weighted by molar-refractivity contribution is 5.18. The standard InChI is InChI=1S/C5H3NO.CH4/c1-2-5-3-7-4-6-5;/h1,3-4H;1H4. The molecule has 1 heterocycles. The van der Waals surface area contributed by atoms with Crippen molar-refractivity contribution in [2.24, 2.45) is 0 Å². The largest absolute Gasteiger partial charge is 0.450 e. The van der Waals surface area contributed by atoms with Crippen LogP contribution in [0, 0.1) is 12.3 Å². The van der Waals surface area contributed by atoms with Crippen LogP contribution in [0.25, 0.3) is 0 Å². The predicted molar refractivity (Wildman–Crippen MR) is 31.2 cm³/mol. The molecule has 0 unspecified atom stereocenters. The first-order valence-electron chi connectivity index (χ1n) is 1.78. The maximum Gasteiger partial charge on any atom is 0.181 e. The molecular formula is C6H7NO. The normalized spacial score (nSPS) is 6.88. The highest BCUT2D eigenvalue weighted by Crippen LogP contribution is 1.87. The van der Waals surface area contributed by atoms with Gasteiger partial charge in [0.1, 0.15) is 6.26 Å². The van der Waals surface area contributed by atoms with Gasteiger partial charge < -0.3 is 4.42 Å². The Bertz CT molecular complexity index is 171. The number of hydrogen-bond donors (Lipinski definition) is 0. The molecule has 2 nitrogen and oxygen atoms in total. The molecule has 0 radical (unpaired) electrons. The topological polar surface area (TPSA) is 26.0 Å². The summed E-state index contributed by atoms with van der Waals surface area (Å²) in [6, 6.07) is 0. The van der Waals surface area contributed by atoms with Crippen LogP contribution in [0.2, 0.25) is 0 Å². The Morgan fingerprint density at radius 1 is 1.75 bits per heavy atom. The maximum atomic E-state index is 4.92. The molecule has 1 aromatic rings. The molecule has 0 saturated carbocycles. The van der Waals surface area contributed by atoms with E-state index in [4.69, 9.17) is 6.42 Å². The fourth-order valence-electron chi connectivity index (χ4n) is 0.284. The molecule has 0 fully saturated rings. The van der Waals surface area contributed by atoms with Crippen LogP contribution in [0.15, 0.2) is 17.1 Å². The van der Waals surface area contributed by atoms with Crippen molar-refractivity contribution in [1.29, 1.82) is 0 Å². The maximum absolute atomic E-state index is 4.92. The summed E-state index contributed by atoms with van der Waals surface area (Å²) in [4.78, 5) is 3.63. The lowest BCUT2D eigenvalue weighted by Crippen LogP contribution is -1.64. The number of terminal acetylenes is 1. The minimum Gasteiger partial charge on any atom is -0.450 e. The van der Waals surface area contributed by atoms with E-state index in [2.05, 4.69) is 15.3 Å². The summed E-state index contributed by atoms with van der Waals surface area (Å²) in [6.45, 7) is 0. The number of nitrogens with zero attached hydrogens (tertiary/aromatic N) is 1. The summed E-state index contributed by atoms with van der Waals surface area (Å²) in [5.41, 5.74) is 0.542. The van der Waals surface area contributed by atoms with Crippen LogP contribution in [0.4, 0.5) is 0 Å². The molecule has 0 aromatic carbocycles. The molecule has 0 aliphatic carbocycles. The van der Waals surface area contributed by atoms with Crippen molar-refractivity contribution in [2.75, 3.05) is 0 Å². The van der Waals surface area contributed by atoms with E-state index >= 15 is 0 Å². The van der Waals surface area contributed by atoms with E-state index < -0.39 is 0 Å². The predicted octanol–water partition coefficient (Wildman–Crippen LogP) is 1.29. The van der Waals surface area contributed by atoms with Crippen molar-refractivity contribution in [2.45, 2.75) is 7.43 Å². The third kappa shape index (κ3) is 1.12. The van der Waals surface area contributed by atoms with E-state index in [1.165, 1.54) is 12.7 Å². The summed E-state index contributed by atoms with van der Waals surface area (Å²) >= 11 is 0. The third-order valence-corrected chi connectivity index (χ3v) is 0.580. The highest BCUT2D eigenvalue weighted by Gasteiger charge is 1.82. The lowest BCUT2D eigenvalue weighted by atomic mass is 10.5. The number of rotatable bonds is 0. The first kappa shape index (κ1) is 6.77. The minimum absolute atomic E-state index is 0.